The van der Waals surface area contributed by atoms with E-state index in [1.165, 1.54) is 0 Å². The Labute approximate surface area is 136 Å². The molecule has 0 aromatic heterocycles. The second-order valence-electron chi connectivity index (χ2n) is 4.29. The van der Waals surface area contributed by atoms with Gasteiger partial charge in [-0.05, 0) is 46.3 Å². The number of hydrogen-bond acceptors (Lipinski definition) is 3. The van der Waals surface area contributed by atoms with Crippen LogP contribution in [0, 0.1) is 0 Å². The molecule has 0 unspecified atom stereocenters. The van der Waals surface area contributed by atoms with Gasteiger partial charge in [0.1, 0.15) is 5.75 Å². The first-order chi connectivity index (χ1) is 10.1. The summed E-state index contributed by atoms with van der Waals surface area (Å²) in [6.07, 6.45) is 0. The summed E-state index contributed by atoms with van der Waals surface area (Å²) in [6.45, 7) is -0.0859. The molecule has 0 aliphatic heterocycles. The fraction of sp³-hybridized carbons (Fsp3) is 0.133. The predicted octanol–water partition coefficient (Wildman–Crippen LogP) is 3.65. The molecule has 0 radical (unpaired) electrons. The van der Waals surface area contributed by atoms with Crippen molar-refractivity contribution < 1.29 is 9.53 Å². The summed E-state index contributed by atoms with van der Waals surface area (Å²) < 4.78 is 6.15. The Balaban J connectivity index is 1.87. The molecule has 6 heteroatoms. The molecule has 0 aliphatic carbocycles. The normalized spacial score (nSPS) is 10.0. The zero-order chi connectivity index (χ0) is 15.2. The molecule has 110 valence electrons. The fourth-order valence-corrected chi connectivity index (χ4v) is 2.47. The van der Waals surface area contributed by atoms with E-state index in [0.717, 1.165) is 5.69 Å². The Morgan fingerprint density at radius 1 is 1.29 bits per heavy atom. The van der Waals surface area contributed by atoms with Gasteiger partial charge in [-0.15, -0.1) is 0 Å². The zero-order valence-corrected chi connectivity index (χ0v) is 13.7. The van der Waals surface area contributed by atoms with Crippen LogP contribution in [0.25, 0.3) is 0 Å². The highest BCUT2D eigenvalue weighted by Gasteiger charge is 2.08. The monoisotopic (exact) mass is 368 g/mol. The van der Waals surface area contributed by atoms with E-state index < -0.39 is 0 Å². The SMILES string of the molecule is CN(NC(=O)COc1ccc(Cl)cc1Br)c1ccccc1. The lowest BCUT2D eigenvalue weighted by molar-refractivity contribution is -0.123. The van der Waals surface area contributed by atoms with Crippen molar-refractivity contribution in [1.82, 2.24) is 5.43 Å². The van der Waals surface area contributed by atoms with Gasteiger partial charge in [-0.1, -0.05) is 29.8 Å². The molecule has 0 heterocycles. The number of carbonyl (C=O) groups excluding carboxylic acids is 1. The van der Waals surface area contributed by atoms with Gasteiger partial charge in [-0.25, -0.2) is 0 Å². The third-order valence-electron chi connectivity index (χ3n) is 2.69. The average Bonchev–Trinajstić information content (AvgIpc) is 2.47. The minimum atomic E-state index is -0.247. The van der Waals surface area contributed by atoms with E-state index in [1.807, 2.05) is 30.3 Å². The Morgan fingerprint density at radius 3 is 2.67 bits per heavy atom. The molecule has 0 atom stereocenters. The summed E-state index contributed by atoms with van der Waals surface area (Å²) >= 11 is 9.18. The molecule has 0 spiro atoms. The van der Waals surface area contributed by atoms with Crippen LogP contribution in [0.2, 0.25) is 5.02 Å². The van der Waals surface area contributed by atoms with Crippen molar-refractivity contribution in [2.24, 2.45) is 0 Å². The minimum Gasteiger partial charge on any atom is -0.483 e. The van der Waals surface area contributed by atoms with Crippen molar-refractivity contribution in [2.45, 2.75) is 0 Å². The van der Waals surface area contributed by atoms with Gasteiger partial charge in [0, 0.05) is 12.1 Å². The van der Waals surface area contributed by atoms with Crippen molar-refractivity contribution in [2.75, 3.05) is 18.7 Å². The first kappa shape index (κ1) is 15.7. The summed E-state index contributed by atoms with van der Waals surface area (Å²) in [5.41, 5.74) is 3.61. The number of hydrazine groups is 1. The van der Waals surface area contributed by atoms with Crippen LogP contribution in [-0.2, 0) is 4.79 Å². The first-order valence-corrected chi connectivity index (χ1v) is 7.39. The molecule has 2 rings (SSSR count). The quantitative estimate of drug-likeness (QED) is 0.818. The summed E-state index contributed by atoms with van der Waals surface area (Å²) in [5.74, 6) is 0.320. The Hall–Kier alpha value is -1.72. The third-order valence-corrected chi connectivity index (χ3v) is 3.54. The van der Waals surface area contributed by atoms with Crippen molar-refractivity contribution in [1.29, 1.82) is 0 Å². The fourth-order valence-electron chi connectivity index (χ4n) is 1.67. The molecule has 2 aromatic rings. The Kier molecular flexibility index (Phi) is 5.47. The number of rotatable bonds is 5. The molecular weight excluding hydrogens is 356 g/mol. The highest BCUT2D eigenvalue weighted by atomic mass is 79.9. The molecule has 1 amide bonds. The topological polar surface area (TPSA) is 41.6 Å². The highest BCUT2D eigenvalue weighted by Crippen LogP contribution is 2.27. The molecule has 4 nitrogen and oxygen atoms in total. The van der Waals surface area contributed by atoms with Gasteiger partial charge in [-0.2, -0.15) is 0 Å². The lowest BCUT2D eigenvalue weighted by atomic mass is 10.3. The Bertz CT molecular complexity index is 622. The molecule has 0 aliphatic rings. The lowest BCUT2D eigenvalue weighted by Crippen LogP contribution is -2.41. The number of anilines is 1. The number of ether oxygens (including phenoxy) is 1. The number of amides is 1. The van der Waals surface area contributed by atoms with Crippen molar-refractivity contribution in [3.05, 3.63) is 58.0 Å². The molecule has 0 saturated heterocycles. The number of nitrogens with one attached hydrogen (secondary N) is 1. The summed E-state index contributed by atoms with van der Waals surface area (Å²) in [6, 6.07) is 14.6. The molecule has 0 saturated carbocycles. The largest absolute Gasteiger partial charge is 0.483 e. The number of carbonyl (C=O) groups is 1. The van der Waals surface area contributed by atoms with Gasteiger partial charge in [0.05, 0.1) is 10.2 Å². The second-order valence-corrected chi connectivity index (χ2v) is 5.58. The van der Waals surface area contributed by atoms with Gasteiger partial charge in [0.25, 0.3) is 5.91 Å². The molecule has 2 aromatic carbocycles. The Morgan fingerprint density at radius 2 is 2.00 bits per heavy atom. The number of nitrogens with zero attached hydrogens (tertiary/aromatic N) is 1. The molecule has 1 N–H and O–H groups in total. The van der Waals surface area contributed by atoms with E-state index in [4.69, 9.17) is 16.3 Å². The maximum atomic E-state index is 11.9. The standard InChI is InChI=1S/C15H14BrClN2O2/c1-19(12-5-3-2-4-6-12)18-15(20)10-21-14-8-7-11(17)9-13(14)16/h2-9H,10H2,1H3,(H,18,20). The number of para-hydroxylation sites is 1. The highest BCUT2D eigenvalue weighted by molar-refractivity contribution is 9.10. The molecule has 0 fully saturated rings. The van der Waals surface area contributed by atoms with Crippen LogP contribution >= 0.6 is 27.5 Å². The van der Waals surface area contributed by atoms with Gasteiger partial charge in [0.2, 0.25) is 0 Å². The van der Waals surface area contributed by atoms with E-state index in [0.29, 0.717) is 15.2 Å². The van der Waals surface area contributed by atoms with Crippen LogP contribution in [-0.4, -0.2) is 19.6 Å². The van der Waals surface area contributed by atoms with E-state index in [1.54, 1.807) is 30.3 Å². The van der Waals surface area contributed by atoms with Crippen LogP contribution in [0.1, 0.15) is 0 Å². The number of halogens is 2. The van der Waals surface area contributed by atoms with Crippen LogP contribution in [0.3, 0.4) is 0 Å². The maximum Gasteiger partial charge on any atom is 0.276 e. The first-order valence-electron chi connectivity index (χ1n) is 6.22. The predicted molar refractivity (Wildman–Crippen MR) is 87.6 cm³/mol. The van der Waals surface area contributed by atoms with Gasteiger partial charge in [-0.3, -0.25) is 15.2 Å². The second kappa shape index (κ2) is 7.33. The molecule has 21 heavy (non-hydrogen) atoms. The minimum absolute atomic E-state index is 0.0859. The van der Waals surface area contributed by atoms with Crippen molar-refractivity contribution >= 4 is 39.1 Å². The van der Waals surface area contributed by atoms with Crippen molar-refractivity contribution in [3.8, 4) is 5.75 Å². The summed E-state index contributed by atoms with van der Waals surface area (Å²) in [7, 11) is 1.77. The zero-order valence-electron chi connectivity index (χ0n) is 11.3. The van der Waals surface area contributed by atoms with Crippen LogP contribution in [0.15, 0.2) is 53.0 Å². The average molecular weight is 370 g/mol. The third kappa shape index (κ3) is 4.65. The number of hydrogen-bond donors (Lipinski definition) is 1. The smallest absolute Gasteiger partial charge is 0.276 e. The van der Waals surface area contributed by atoms with E-state index in [-0.39, 0.29) is 12.5 Å². The van der Waals surface area contributed by atoms with E-state index in [9.17, 15) is 4.79 Å². The maximum absolute atomic E-state index is 11.9. The molecule has 0 bridgehead atoms. The van der Waals surface area contributed by atoms with Crippen molar-refractivity contribution in [3.63, 3.8) is 0 Å². The summed E-state index contributed by atoms with van der Waals surface area (Å²) in [5, 5.41) is 2.24. The van der Waals surface area contributed by atoms with Gasteiger partial charge >= 0.3 is 0 Å². The number of benzene rings is 2. The van der Waals surface area contributed by atoms with E-state index in [2.05, 4.69) is 21.4 Å². The lowest BCUT2D eigenvalue weighted by Gasteiger charge is -2.20. The van der Waals surface area contributed by atoms with Gasteiger partial charge < -0.3 is 4.74 Å². The van der Waals surface area contributed by atoms with Crippen LogP contribution in [0.4, 0.5) is 5.69 Å². The molecular formula is C15H14BrClN2O2. The van der Waals surface area contributed by atoms with Crippen LogP contribution < -0.4 is 15.2 Å². The summed E-state index contributed by atoms with van der Waals surface area (Å²) in [4.78, 5) is 11.9. The van der Waals surface area contributed by atoms with E-state index >= 15 is 0 Å². The van der Waals surface area contributed by atoms with Crippen LogP contribution in [0.5, 0.6) is 5.75 Å². The van der Waals surface area contributed by atoms with Gasteiger partial charge in [0.15, 0.2) is 6.61 Å².